The van der Waals surface area contributed by atoms with Crippen LogP contribution in [0.2, 0.25) is 5.02 Å². The van der Waals surface area contributed by atoms with E-state index in [9.17, 15) is 0 Å². The molecule has 0 aliphatic rings. The quantitative estimate of drug-likeness (QED) is 0.820. The Labute approximate surface area is 116 Å². The van der Waals surface area contributed by atoms with Crippen LogP contribution in [-0.2, 0) is 19.5 Å². The zero-order valence-electron chi connectivity index (χ0n) is 12.3. The summed E-state index contributed by atoms with van der Waals surface area (Å²) in [6.45, 7) is 13.6. The molecule has 0 radical (unpaired) electrons. The van der Waals surface area contributed by atoms with Crippen molar-refractivity contribution in [2.45, 2.75) is 60.5 Å². The highest BCUT2D eigenvalue weighted by molar-refractivity contribution is 6.31. The molecule has 1 aromatic rings. The summed E-state index contributed by atoms with van der Waals surface area (Å²) in [6.07, 6.45) is 2.06. The third-order valence-electron chi connectivity index (χ3n) is 3.55. The number of hydrogen-bond donors (Lipinski definition) is 1. The normalized spacial score (nSPS) is 12.1. The van der Waals surface area contributed by atoms with Crippen LogP contribution >= 0.6 is 11.6 Å². The molecule has 1 heterocycles. The second-order valence-corrected chi connectivity index (χ2v) is 5.88. The van der Waals surface area contributed by atoms with Gasteiger partial charge in [-0.15, -0.1) is 0 Å². The van der Waals surface area contributed by atoms with E-state index in [4.69, 9.17) is 11.6 Å². The number of aromatic nitrogens is 2. The number of halogens is 1. The zero-order chi connectivity index (χ0) is 13.8. The smallest absolute Gasteiger partial charge is 0.0863 e. The lowest BCUT2D eigenvalue weighted by atomic mass is 9.90. The number of aryl methyl sites for hydroxylation is 2. The lowest BCUT2D eigenvalue weighted by Gasteiger charge is -2.23. The first kappa shape index (κ1) is 15.5. The summed E-state index contributed by atoms with van der Waals surface area (Å²) in [7, 11) is 0. The average molecular weight is 272 g/mol. The van der Waals surface area contributed by atoms with Gasteiger partial charge in [0.25, 0.3) is 0 Å². The monoisotopic (exact) mass is 271 g/mol. The molecule has 4 heteroatoms. The van der Waals surface area contributed by atoms with Gasteiger partial charge in [-0.1, -0.05) is 39.3 Å². The average Bonchev–Trinajstić information content (AvgIpc) is 2.66. The second kappa shape index (κ2) is 6.58. The van der Waals surface area contributed by atoms with E-state index in [2.05, 4.69) is 45.0 Å². The van der Waals surface area contributed by atoms with E-state index in [0.29, 0.717) is 5.41 Å². The van der Waals surface area contributed by atoms with Crippen LogP contribution in [0.5, 0.6) is 0 Å². The topological polar surface area (TPSA) is 29.9 Å². The van der Waals surface area contributed by atoms with Crippen molar-refractivity contribution >= 4 is 11.6 Å². The SMILES string of the molecule is CCc1nn(CC)c(CNCC(C)(C)CC)c1Cl. The molecule has 1 aromatic heterocycles. The van der Waals surface area contributed by atoms with Crippen LogP contribution in [0.4, 0.5) is 0 Å². The van der Waals surface area contributed by atoms with Crippen LogP contribution < -0.4 is 5.32 Å². The Bertz CT molecular complexity index is 383. The van der Waals surface area contributed by atoms with Crippen LogP contribution in [0.25, 0.3) is 0 Å². The molecular weight excluding hydrogens is 246 g/mol. The van der Waals surface area contributed by atoms with E-state index in [1.807, 2.05) is 4.68 Å². The Balaban J connectivity index is 2.69. The molecule has 1 N–H and O–H groups in total. The van der Waals surface area contributed by atoms with Gasteiger partial charge >= 0.3 is 0 Å². The third kappa shape index (κ3) is 3.72. The first-order chi connectivity index (χ1) is 8.45. The van der Waals surface area contributed by atoms with Crippen molar-refractivity contribution in [3.8, 4) is 0 Å². The summed E-state index contributed by atoms with van der Waals surface area (Å²) in [4.78, 5) is 0. The molecule has 0 spiro atoms. The van der Waals surface area contributed by atoms with Crippen molar-refractivity contribution in [1.82, 2.24) is 15.1 Å². The van der Waals surface area contributed by atoms with Gasteiger partial charge in [0, 0.05) is 19.6 Å². The number of nitrogens with one attached hydrogen (secondary N) is 1. The van der Waals surface area contributed by atoms with Crippen molar-refractivity contribution in [2.24, 2.45) is 5.41 Å². The van der Waals surface area contributed by atoms with E-state index in [-0.39, 0.29) is 0 Å². The van der Waals surface area contributed by atoms with Gasteiger partial charge in [0.05, 0.1) is 16.4 Å². The van der Waals surface area contributed by atoms with Crippen molar-refractivity contribution < 1.29 is 0 Å². The highest BCUT2D eigenvalue weighted by Crippen LogP contribution is 2.22. The molecule has 0 unspecified atom stereocenters. The van der Waals surface area contributed by atoms with Gasteiger partial charge in [0.15, 0.2) is 0 Å². The maximum Gasteiger partial charge on any atom is 0.0863 e. The highest BCUT2D eigenvalue weighted by Gasteiger charge is 2.17. The summed E-state index contributed by atoms with van der Waals surface area (Å²) in [5, 5.41) is 8.86. The van der Waals surface area contributed by atoms with Crippen molar-refractivity contribution in [1.29, 1.82) is 0 Å². The van der Waals surface area contributed by atoms with Crippen LogP contribution in [0, 0.1) is 5.41 Å². The van der Waals surface area contributed by atoms with E-state index >= 15 is 0 Å². The van der Waals surface area contributed by atoms with Crippen molar-refractivity contribution in [3.63, 3.8) is 0 Å². The largest absolute Gasteiger partial charge is 0.311 e. The van der Waals surface area contributed by atoms with Crippen molar-refractivity contribution in [2.75, 3.05) is 6.54 Å². The molecule has 18 heavy (non-hydrogen) atoms. The van der Waals surface area contributed by atoms with Crippen LogP contribution in [-0.4, -0.2) is 16.3 Å². The van der Waals surface area contributed by atoms with Crippen LogP contribution in [0.3, 0.4) is 0 Å². The first-order valence-corrected chi connectivity index (χ1v) is 7.27. The first-order valence-electron chi connectivity index (χ1n) is 6.90. The molecule has 0 aromatic carbocycles. The predicted octanol–water partition coefficient (Wildman–Crippen LogP) is 3.64. The van der Waals surface area contributed by atoms with Gasteiger partial charge in [-0.05, 0) is 25.2 Å². The lowest BCUT2D eigenvalue weighted by Crippen LogP contribution is -2.29. The maximum atomic E-state index is 6.37. The minimum absolute atomic E-state index is 0.330. The van der Waals surface area contributed by atoms with Crippen molar-refractivity contribution in [3.05, 3.63) is 16.4 Å². The zero-order valence-corrected chi connectivity index (χ0v) is 13.1. The minimum atomic E-state index is 0.330. The molecule has 0 aliphatic carbocycles. The molecular formula is C14H26ClN3. The third-order valence-corrected chi connectivity index (χ3v) is 3.98. The Kier molecular flexibility index (Phi) is 5.67. The van der Waals surface area contributed by atoms with Gasteiger partial charge < -0.3 is 5.32 Å². The lowest BCUT2D eigenvalue weighted by molar-refractivity contribution is 0.325. The summed E-state index contributed by atoms with van der Waals surface area (Å²) in [5.41, 5.74) is 2.45. The van der Waals surface area contributed by atoms with E-state index in [1.54, 1.807) is 0 Å². The number of hydrogen-bond acceptors (Lipinski definition) is 2. The van der Waals surface area contributed by atoms with E-state index < -0.39 is 0 Å². The standard InChI is InChI=1S/C14H26ClN3/c1-6-11-13(15)12(18(8-3)17-11)9-16-10-14(4,5)7-2/h16H,6-10H2,1-5H3. The van der Waals surface area contributed by atoms with Crippen LogP contribution in [0.1, 0.15) is 52.4 Å². The fourth-order valence-electron chi connectivity index (χ4n) is 1.83. The molecule has 0 amide bonds. The summed E-state index contributed by atoms with van der Waals surface area (Å²) < 4.78 is 2.01. The van der Waals surface area contributed by atoms with Gasteiger partial charge in [0.1, 0.15) is 0 Å². The summed E-state index contributed by atoms with van der Waals surface area (Å²) >= 11 is 6.37. The predicted molar refractivity (Wildman–Crippen MR) is 78.1 cm³/mol. The van der Waals surface area contributed by atoms with Crippen LogP contribution in [0.15, 0.2) is 0 Å². The van der Waals surface area contributed by atoms with Gasteiger partial charge in [-0.3, -0.25) is 4.68 Å². The molecule has 0 fully saturated rings. The van der Waals surface area contributed by atoms with E-state index in [1.165, 1.54) is 6.42 Å². The molecule has 0 atom stereocenters. The molecule has 104 valence electrons. The Hall–Kier alpha value is -0.540. The molecule has 3 nitrogen and oxygen atoms in total. The van der Waals surface area contributed by atoms with Gasteiger partial charge in [-0.2, -0.15) is 5.10 Å². The van der Waals surface area contributed by atoms with E-state index in [0.717, 1.165) is 42.5 Å². The Morgan fingerprint density at radius 3 is 2.44 bits per heavy atom. The summed E-state index contributed by atoms with van der Waals surface area (Å²) in [5.74, 6) is 0. The number of nitrogens with zero attached hydrogens (tertiary/aromatic N) is 2. The fourth-order valence-corrected chi connectivity index (χ4v) is 2.17. The highest BCUT2D eigenvalue weighted by atomic mass is 35.5. The van der Waals surface area contributed by atoms with Gasteiger partial charge in [-0.25, -0.2) is 0 Å². The Morgan fingerprint density at radius 2 is 1.94 bits per heavy atom. The molecule has 1 rings (SSSR count). The maximum absolute atomic E-state index is 6.37. The fraction of sp³-hybridized carbons (Fsp3) is 0.786. The minimum Gasteiger partial charge on any atom is -0.311 e. The summed E-state index contributed by atoms with van der Waals surface area (Å²) in [6, 6.07) is 0. The second-order valence-electron chi connectivity index (χ2n) is 5.50. The number of rotatable bonds is 7. The molecule has 0 aliphatic heterocycles. The van der Waals surface area contributed by atoms with Gasteiger partial charge in [0.2, 0.25) is 0 Å². The molecule has 0 bridgehead atoms. The molecule has 0 saturated heterocycles. The molecule has 0 saturated carbocycles. The Morgan fingerprint density at radius 1 is 1.28 bits per heavy atom.